The molecule has 0 saturated carbocycles. The zero-order valence-electron chi connectivity index (χ0n) is 13.3. The van der Waals surface area contributed by atoms with Gasteiger partial charge in [0.05, 0.1) is 12.7 Å². The van der Waals surface area contributed by atoms with Crippen molar-refractivity contribution in [1.82, 2.24) is 19.5 Å². The zero-order valence-corrected chi connectivity index (χ0v) is 13.3. The van der Waals surface area contributed by atoms with E-state index in [1.165, 1.54) is 20.0 Å². The number of methoxy groups -OCH3 is 1. The molecule has 0 spiro atoms. The van der Waals surface area contributed by atoms with Crippen LogP contribution in [0.15, 0.2) is 18.3 Å². The van der Waals surface area contributed by atoms with Crippen LogP contribution in [0.3, 0.4) is 0 Å². The standard InChI is InChI=1S/C16H22N4O2/c1-11(2)19-8-4-5-13(19)9-14-17-15-7-6-12(16(21)22-3)10-20(15)18-14/h6-7,10-11,13H,4-5,8-9H2,1-3H3. The van der Waals surface area contributed by atoms with E-state index in [2.05, 4.69) is 28.8 Å². The Morgan fingerprint density at radius 2 is 2.27 bits per heavy atom. The molecule has 1 atom stereocenters. The minimum atomic E-state index is -0.360. The van der Waals surface area contributed by atoms with Crippen LogP contribution < -0.4 is 0 Å². The predicted molar refractivity (Wildman–Crippen MR) is 82.9 cm³/mol. The fourth-order valence-electron chi connectivity index (χ4n) is 3.22. The Morgan fingerprint density at radius 3 is 3.00 bits per heavy atom. The van der Waals surface area contributed by atoms with Gasteiger partial charge in [-0.1, -0.05) is 0 Å². The molecule has 22 heavy (non-hydrogen) atoms. The summed E-state index contributed by atoms with van der Waals surface area (Å²) >= 11 is 0. The molecule has 1 unspecified atom stereocenters. The summed E-state index contributed by atoms with van der Waals surface area (Å²) in [6.07, 6.45) is 4.96. The highest BCUT2D eigenvalue weighted by molar-refractivity contribution is 5.89. The molecule has 3 heterocycles. The van der Waals surface area contributed by atoms with Crippen molar-refractivity contribution in [2.24, 2.45) is 0 Å². The first kappa shape index (κ1) is 15.0. The van der Waals surface area contributed by atoms with E-state index in [9.17, 15) is 4.79 Å². The van der Waals surface area contributed by atoms with E-state index >= 15 is 0 Å². The Kier molecular flexibility index (Phi) is 4.11. The maximum atomic E-state index is 11.6. The van der Waals surface area contributed by atoms with Gasteiger partial charge in [-0.15, -0.1) is 0 Å². The third-order valence-corrected chi connectivity index (χ3v) is 4.30. The molecule has 2 aromatic heterocycles. The van der Waals surface area contributed by atoms with E-state index in [4.69, 9.17) is 4.74 Å². The van der Waals surface area contributed by atoms with Crippen LogP contribution in [0, 0.1) is 0 Å². The summed E-state index contributed by atoms with van der Waals surface area (Å²) in [5.74, 6) is 0.472. The summed E-state index contributed by atoms with van der Waals surface area (Å²) in [4.78, 5) is 18.7. The van der Waals surface area contributed by atoms with Crippen molar-refractivity contribution in [2.75, 3.05) is 13.7 Å². The average Bonchev–Trinajstić information content (AvgIpc) is 3.11. The number of aromatic nitrogens is 3. The highest BCUT2D eigenvalue weighted by Gasteiger charge is 2.27. The molecule has 0 bridgehead atoms. The summed E-state index contributed by atoms with van der Waals surface area (Å²) in [5, 5.41) is 4.52. The molecular formula is C16H22N4O2. The third-order valence-electron chi connectivity index (χ3n) is 4.30. The molecule has 0 radical (unpaired) electrons. The van der Waals surface area contributed by atoms with Crippen molar-refractivity contribution in [2.45, 2.75) is 45.2 Å². The number of ether oxygens (including phenoxy) is 1. The van der Waals surface area contributed by atoms with E-state index in [1.54, 1.807) is 22.8 Å². The lowest BCUT2D eigenvalue weighted by molar-refractivity contribution is 0.0600. The van der Waals surface area contributed by atoms with Crippen LogP contribution in [0.5, 0.6) is 0 Å². The quantitative estimate of drug-likeness (QED) is 0.808. The van der Waals surface area contributed by atoms with Gasteiger partial charge in [0.25, 0.3) is 0 Å². The second-order valence-electron chi connectivity index (χ2n) is 6.07. The van der Waals surface area contributed by atoms with Crippen molar-refractivity contribution in [3.63, 3.8) is 0 Å². The van der Waals surface area contributed by atoms with E-state index in [0.29, 0.717) is 17.6 Å². The van der Waals surface area contributed by atoms with Gasteiger partial charge in [0.2, 0.25) is 0 Å². The number of pyridine rings is 1. The highest BCUT2D eigenvalue weighted by atomic mass is 16.5. The van der Waals surface area contributed by atoms with Crippen LogP contribution in [0.4, 0.5) is 0 Å². The van der Waals surface area contributed by atoms with Gasteiger partial charge in [0.1, 0.15) is 0 Å². The number of carbonyl (C=O) groups is 1. The second-order valence-corrected chi connectivity index (χ2v) is 6.07. The molecule has 6 nitrogen and oxygen atoms in total. The number of nitrogens with zero attached hydrogens (tertiary/aromatic N) is 4. The molecule has 0 aliphatic carbocycles. The molecule has 118 valence electrons. The molecule has 1 saturated heterocycles. The molecule has 6 heteroatoms. The highest BCUT2D eigenvalue weighted by Crippen LogP contribution is 2.22. The van der Waals surface area contributed by atoms with Gasteiger partial charge >= 0.3 is 5.97 Å². The predicted octanol–water partition coefficient (Wildman–Crippen LogP) is 1.93. The van der Waals surface area contributed by atoms with Gasteiger partial charge < -0.3 is 4.74 Å². The monoisotopic (exact) mass is 302 g/mol. The Hall–Kier alpha value is -1.95. The molecule has 0 aromatic carbocycles. The van der Waals surface area contributed by atoms with Gasteiger partial charge in [0, 0.05) is 24.7 Å². The Balaban J connectivity index is 1.81. The summed E-state index contributed by atoms with van der Waals surface area (Å²) in [7, 11) is 1.37. The average molecular weight is 302 g/mol. The molecule has 1 fully saturated rings. The van der Waals surface area contributed by atoms with Gasteiger partial charge in [-0.2, -0.15) is 5.10 Å². The van der Waals surface area contributed by atoms with Crippen LogP contribution in [0.1, 0.15) is 42.9 Å². The molecule has 1 aliphatic heterocycles. The SMILES string of the molecule is COC(=O)c1ccc2nc(CC3CCCN3C(C)C)nn2c1. The van der Waals surface area contributed by atoms with E-state index in [1.807, 2.05) is 0 Å². The number of hydrogen-bond donors (Lipinski definition) is 0. The van der Waals surface area contributed by atoms with Gasteiger partial charge in [-0.05, 0) is 45.4 Å². The summed E-state index contributed by atoms with van der Waals surface area (Å²) in [6, 6.07) is 4.58. The first-order valence-electron chi connectivity index (χ1n) is 7.78. The van der Waals surface area contributed by atoms with Crippen molar-refractivity contribution in [3.8, 4) is 0 Å². The molecule has 3 rings (SSSR count). The minimum absolute atomic E-state index is 0.360. The molecule has 2 aromatic rings. The number of fused-ring (bicyclic) bond motifs is 1. The summed E-state index contributed by atoms with van der Waals surface area (Å²) in [6.45, 7) is 5.62. The van der Waals surface area contributed by atoms with Crippen molar-refractivity contribution in [3.05, 3.63) is 29.7 Å². The maximum absolute atomic E-state index is 11.6. The smallest absolute Gasteiger partial charge is 0.339 e. The number of hydrogen-bond acceptors (Lipinski definition) is 5. The largest absolute Gasteiger partial charge is 0.465 e. The number of likely N-dealkylation sites (tertiary alicyclic amines) is 1. The van der Waals surface area contributed by atoms with Gasteiger partial charge in [-0.25, -0.2) is 14.3 Å². The van der Waals surface area contributed by atoms with Crippen LogP contribution in [0.2, 0.25) is 0 Å². The normalized spacial score (nSPS) is 19.2. The molecule has 1 aliphatic rings. The Bertz CT molecular complexity index is 680. The molecule has 0 amide bonds. The second kappa shape index (κ2) is 6.04. The van der Waals surface area contributed by atoms with Crippen LogP contribution in [-0.4, -0.2) is 51.2 Å². The fourth-order valence-corrected chi connectivity index (χ4v) is 3.22. The Morgan fingerprint density at radius 1 is 1.45 bits per heavy atom. The summed E-state index contributed by atoms with van der Waals surface area (Å²) < 4.78 is 6.40. The summed E-state index contributed by atoms with van der Waals surface area (Å²) in [5.41, 5.74) is 1.24. The molecular weight excluding hydrogens is 280 g/mol. The van der Waals surface area contributed by atoms with E-state index < -0.39 is 0 Å². The minimum Gasteiger partial charge on any atom is -0.465 e. The Labute approximate surface area is 130 Å². The van der Waals surface area contributed by atoms with E-state index in [-0.39, 0.29) is 5.97 Å². The maximum Gasteiger partial charge on any atom is 0.339 e. The van der Waals surface area contributed by atoms with Crippen LogP contribution in [-0.2, 0) is 11.2 Å². The zero-order chi connectivity index (χ0) is 15.7. The van der Waals surface area contributed by atoms with Gasteiger partial charge in [-0.3, -0.25) is 4.90 Å². The fraction of sp³-hybridized carbons (Fsp3) is 0.562. The number of esters is 1. The van der Waals surface area contributed by atoms with Crippen molar-refractivity contribution < 1.29 is 9.53 Å². The number of carbonyl (C=O) groups excluding carboxylic acids is 1. The van der Waals surface area contributed by atoms with Crippen LogP contribution >= 0.6 is 0 Å². The first-order chi connectivity index (χ1) is 10.6. The van der Waals surface area contributed by atoms with Crippen LogP contribution in [0.25, 0.3) is 5.65 Å². The lowest BCUT2D eigenvalue weighted by Crippen LogP contribution is -2.36. The van der Waals surface area contributed by atoms with E-state index in [0.717, 1.165) is 24.4 Å². The topological polar surface area (TPSA) is 59.7 Å². The third kappa shape index (κ3) is 2.83. The molecule has 0 N–H and O–H groups in total. The lowest BCUT2D eigenvalue weighted by atomic mass is 10.1. The van der Waals surface area contributed by atoms with Crippen molar-refractivity contribution >= 4 is 11.6 Å². The first-order valence-corrected chi connectivity index (χ1v) is 7.78. The van der Waals surface area contributed by atoms with Crippen molar-refractivity contribution in [1.29, 1.82) is 0 Å². The number of rotatable bonds is 4. The lowest BCUT2D eigenvalue weighted by Gasteiger charge is -2.27. The van der Waals surface area contributed by atoms with Gasteiger partial charge in [0.15, 0.2) is 11.5 Å².